The summed E-state index contributed by atoms with van der Waals surface area (Å²) < 4.78 is 54.5. The second kappa shape index (κ2) is 7.99. The molecule has 0 radical (unpaired) electrons. The summed E-state index contributed by atoms with van der Waals surface area (Å²) in [7, 11) is -2.62. The molecule has 2 aromatic carbocycles. The van der Waals surface area contributed by atoms with Crippen LogP contribution in [0.4, 0.5) is 8.78 Å². The summed E-state index contributed by atoms with van der Waals surface area (Å²) >= 11 is 1.54. The minimum Gasteiger partial charge on any atom is -0.369 e. The van der Waals surface area contributed by atoms with Crippen LogP contribution < -0.4 is 5.73 Å². The fraction of sp³-hybridized carbons (Fsp3) is 0.300. The monoisotopic (exact) mass is 453 g/mol. The molecular formula is C20H21F2N3O3S2. The van der Waals surface area contributed by atoms with Gasteiger partial charge < -0.3 is 5.73 Å². The zero-order valence-corrected chi connectivity index (χ0v) is 18.3. The lowest BCUT2D eigenvalue weighted by Gasteiger charge is -2.34. The number of nitrogens with zero attached hydrogens (tertiary/aromatic N) is 2. The van der Waals surface area contributed by atoms with E-state index in [9.17, 15) is 22.0 Å². The molecule has 0 saturated heterocycles. The van der Waals surface area contributed by atoms with Crippen molar-refractivity contribution in [3.8, 4) is 0 Å². The van der Waals surface area contributed by atoms with E-state index < -0.39 is 32.9 Å². The minimum absolute atomic E-state index is 0.176. The molecule has 0 spiro atoms. The molecule has 2 aromatic rings. The Balaban J connectivity index is 1.99. The van der Waals surface area contributed by atoms with E-state index in [0.29, 0.717) is 5.56 Å². The van der Waals surface area contributed by atoms with Crippen LogP contribution in [0.1, 0.15) is 28.4 Å². The first-order valence-electron chi connectivity index (χ1n) is 8.94. The molecule has 0 aliphatic carbocycles. The second-order valence-corrected chi connectivity index (χ2v) is 10.1. The Bertz CT molecular complexity index is 1130. The van der Waals surface area contributed by atoms with Crippen molar-refractivity contribution in [3.63, 3.8) is 0 Å². The molecule has 0 aromatic heterocycles. The van der Waals surface area contributed by atoms with Gasteiger partial charge in [-0.05, 0) is 43.0 Å². The number of hydrogen-bond donors (Lipinski definition) is 1. The summed E-state index contributed by atoms with van der Waals surface area (Å²) in [6.45, 7) is 1.37. The number of halogens is 2. The predicted molar refractivity (Wildman–Crippen MR) is 113 cm³/mol. The number of carbonyl (C=O) groups is 1. The Labute approximate surface area is 178 Å². The normalized spacial score (nSPS) is 20.7. The first-order valence-corrected chi connectivity index (χ1v) is 11.8. The number of sulfonamides is 1. The smallest absolute Gasteiger partial charge is 0.239 e. The molecule has 1 aliphatic heterocycles. The van der Waals surface area contributed by atoms with Crippen LogP contribution in [0.2, 0.25) is 0 Å². The molecule has 2 N–H and O–H groups in total. The number of ketones is 1. The zero-order chi connectivity index (χ0) is 22.3. The molecular weight excluding hydrogens is 432 g/mol. The number of aliphatic imine (C=N–C) groups is 1. The molecule has 1 heterocycles. The van der Waals surface area contributed by atoms with E-state index in [0.717, 1.165) is 15.3 Å². The fourth-order valence-electron chi connectivity index (χ4n) is 3.29. The highest BCUT2D eigenvalue weighted by molar-refractivity contribution is 7.98. The van der Waals surface area contributed by atoms with Crippen LogP contribution in [-0.2, 0) is 22.0 Å². The van der Waals surface area contributed by atoms with Gasteiger partial charge in [-0.2, -0.15) is 0 Å². The van der Waals surface area contributed by atoms with Crippen LogP contribution in [0, 0.1) is 11.6 Å². The van der Waals surface area contributed by atoms with Crippen molar-refractivity contribution in [1.29, 1.82) is 0 Å². The third kappa shape index (κ3) is 4.20. The van der Waals surface area contributed by atoms with E-state index in [1.807, 2.05) is 6.26 Å². The van der Waals surface area contributed by atoms with Gasteiger partial charge in [0.25, 0.3) is 0 Å². The SMILES string of the molecule is CSc1ccc(C(=O)Cc2cc(F)c(F)c([C@]3(C)CS(=O)(=O)N(C)C(N)=N3)c2)cc1. The van der Waals surface area contributed by atoms with Crippen molar-refractivity contribution in [2.45, 2.75) is 23.8 Å². The van der Waals surface area contributed by atoms with Crippen molar-refractivity contribution in [2.75, 3.05) is 19.1 Å². The van der Waals surface area contributed by atoms with Gasteiger partial charge in [-0.25, -0.2) is 26.5 Å². The van der Waals surface area contributed by atoms with Gasteiger partial charge in [0.15, 0.2) is 17.4 Å². The number of thioether (sulfide) groups is 1. The molecule has 6 nitrogen and oxygen atoms in total. The molecule has 0 bridgehead atoms. The molecule has 3 rings (SSSR count). The second-order valence-electron chi connectivity index (χ2n) is 7.24. The van der Waals surface area contributed by atoms with Crippen molar-refractivity contribution >= 4 is 33.5 Å². The maximum atomic E-state index is 14.7. The van der Waals surface area contributed by atoms with Crippen molar-refractivity contribution in [2.24, 2.45) is 10.7 Å². The maximum Gasteiger partial charge on any atom is 0.239 e. The highest BCUT2D eigenvalue weighted by Gasteiger charge is 2.42. The number of benzene rings is 2. The number of carbonyl (C=O) groups excluding carboxylic acids is 1. The van der Waals surface area contributed by atoms with Crippen LogP contribution in [0.5, 0.6) is 0 Å². The Morgan fingerprint density at radius 1 is 1.27 bits per heavy atom. The Morgan fingerprint density at radius 2 is 1.90 bits per heavy atom. The highest BCUT2D eigenvalue weighted by Crippen LogP contribution is 2.35. The number of hydrogen-bond acceptors (Lipinski definition) is 6. The standard InChI is InChI=1S/C20H21F2N3O3S2/c1-20(11-30(27,28)25(2)19(23)24-20)15-8-12(9-16(21)18(15)22)10-17(26)13-4-6-14(29-3)7-5-13/h4-9H,10-11H2,1-3H3,(H2,23,24)/t20-/m0/s1. The van der Waals surface area contributed by atoms with Gasteiger partial charge in [-0.3, -0.25) is 4.79 Å². The van der Waals surface area contributed by atoms with Gasteiger partial charge in [0.2, 0.25) is 16.0 Å². The van der Waals surface area contributed by atoms with Gasteiger partial charge in [0.1, 0.15) is 5.54 Å². The molecule has 10 heteroatoms. The largest absolute Gasteiger partial charge is 0.369 e. The lowest BCUT2D eigenvalue weighted by atomic mass is 9.90. The molecule has 0 fully saturated rings. The zero-order valence-electron chi connectivity index (χ0n) is 16.6. The quantitative estimate of drug-likeness (QED) is 0.555. The van der Waals surface area contributed by atoms with Crippen molar-refractivity contribution in [3.05, 3.63) is 64.7 Å². The van der Waals surface area contributed by atoms with E-state index >= 15 is 0 Å². The third-order valence-electron chi connectivity index (χ3n) is 5.01. The number of guanidine groups is 1. The van der Waals surface area contributed by atoms with Gasteiger partial charge >= 0.3 is 0 Å². The van der Waals surface area contributed by atoms with Gasteiger partial charge in [0.05, 0.1) is 5.75 Å². The summed E-state index contributed by atoms with van der Waals surface area (Å²) in [6.07, 6.45) is 1.74. The van der Waals surface area contributed by atoms with Crippen LogP contribution in [0.15, 0.2) is 46.3 Å². The summed E-state index contributed by atoms with van der Waals surface area (Å²) in [4.78, 5) is 17.7. The first-order chi connectivity index (χ1) is 14.0. The van der Waals surface area contributed by atoms with E-state index in [-0.39, 0.29) is 29.3 Å². The van der Waals surface area contributed by atoms with Gasteiger partial charge in [-0.15, -0.1) is 11.8 Å². The Hall–Kier alpha value is -2.46. The average molecular weight is 454 g/mol. The Morgan fingerprint density at radius 3 is 2.47 bits per heavy atom. The molecule has 0 saturated carbocycles. The lowest BCUT2D eigenvalue weighted by Crippen LogP contribution is -2.50. The van der Waals surface area contributed by atoms with Gasteiger partial charge in [0, 0.05) is 29.5 Å². The first kappa shape index (κ1) is 22.2. The minimum atomic E-state index is -3.86. The third-order valence-corrected chi connectivity index (χ3v) is 7.70. The molecule has 1 atom stereocenters. The molecule has 1 aliphatic rings. The number of nitrogens with two attached hydrogens (primary N) is 1. The summed E-state index contributed by atoms with van der Waals surface area (Å²) in [5.74, 6) is -3.57. The van der Waals surface area contributed by atoms with E-state index in [1.165, 1.54) is 31.8 Å². The van der Waals surface area contributed by atoms with Crippen LogP contribution in [0.3, 0.4) is 0 Å². The average Bonchev–Trinajstić information content (AvgIpc) is 2.68. The maximum absolute atomic E-state index is 14.7. The fourth-order valence-corrected chi connectivity index (χ4v) is 5.15. The molecule has 160 valence electrons. The topological polar surface area (TPSA) is 92.8 Å². The highest BCUT2D eigenvalue weighted by atomic mass is 32.2. The lowest BCUT2D eigenvalue weighted by molar-refractivity contribution is 0.0992. The molecule has 0 amide bonds. The van der Waals surface area contributed by atoms with E-state index in [4.69, 9.17) is 5.73 Å². The van der Waals surface area contributed by atoms with E-state index in [2.05, 4.69) is 4.99 Å². The Kier molecular flexibility index (Phi) is 5.92. The number of Topliss-reactive ketones (excluding diaryl/α,β-unsaturated/α-hetero) is 1. The van der Waals surface area contributed by atoms with Crippen LogP contribution >= 0.6 is 11.8 Å². The van der Waals surface area contributed by atoms with Crippen LogP contribution in [-0.4, -0.2) is 43.5 Å². The summed E-state index contributed by atoms with van der Waals surface area (Å²) in [5.41, 5.74) is 4.47. The van der Waals surface area contributed by atoms with Crippen molar-refractivity contribution < 1.29 is 22.0 Å². The van der Waals surface area contributed by atoms with E-state index in [1.54, 1.807) is 24.3 Å². The summed E-state index contributed by atoms with van der Waals surface area (Å²) in [6, 6.07) is 9.17. The number of rotatable bonds is 5. The summed E-state index contributed by atoms with van der Waals surface area (Å²) in [5, 5.41) is 0. The van der Waals surface area contributed by atoms with Gasteiger partial charge in [-0.1, -0.05) is 12.1 Å². The molecule has 0 unspecified atom stereocenters. The van der Waals surface area contributed by atoms with Crippen LogP contribution in [0.25, 0.3) is 0 Å². The van der Waals surface area contributed by atoms with Crippen molar-refractivity contribution in [1.82, 2.24) is 4.31 Å². The predicted octanol–water partition coefficient (Wildman–Crippen LogP) is 2.92. The molecule has 30 heavy (non-hydrogen) atoms.